The number of hydrogen-bond acceptors (Lipinski definition) is 3. The first kappa shape index (κ1) is 21.9. The van der Waals surface area contributed by atoms with Crippen molar-refractivity contribution < 1.29 is 9.53 Å². The number of aromatic nitrogens is 1. The van der Waals surface area contributed by atoms with Crippen LogP contribution in [0, 0.1) is 6.92 Å². The lowest BCUT2D eigenvalue weighted by Gasteiger charge is -2.28. The SMILES string of the molecule is COc1ccc2[nH]c(=O)c(CN(Cc3ccc(C)cc3)C(=O)NC3CCCCC3)cc2c1. The van der Waals surface area contributed by atoms with Crippen molar-refractivity contribution in [3.8, 4) is 5.75 Å². The molecule has 0 aliphatic heterocycles. The Morgan fingerprint density at radius 1 is 1.06 bits per heavy atom. The second-order valence-corrected chi connectivity index (χ2v) is 8.70. The fourth-order valence-electron chi connectivity index (χ4n) is 4.31. The molecule has 1 aliphatic carbocycles. The Hall–Kier alpha value is -3.28. The van der Waals surface area contributed by atoms with Gasteiger partial charge in [0.15, 0.2) is 0 Å². The van der Waals surface area contributed by atoms with Crippen molar-refractivity contribution in [2.24, 2.45) is 0 Å². The van der Waals surface area contributed by atoms with Gasteiger partial charge in [-0.3, -0.25) is 4.79 Å². The molecule has 32 heavy (non-hydrogen) atoms. The first-order valence-corrected chi connectivity index (χ1v) is 11.3. The van der Waals surface area contributed by atoms with E-state index in [0.29, 0.717) is 12.1 Å². The molecule has 1 heterocycles. The molecule has 0 saturated heterocycles. The van der Waals surface area contributed by atoms with Crippen LogP contribution in [-0.2, 0) is 13.1 Å². The van der Waals surface area contributed by atoms with Crippen LogP contribution in [0.2, 0.25) is 0 Å². The van der Waals surface area contributed by atoms with Gasteiger partial charge in [0.2, 0.25) is 0 Å². The minimum atomic E-state index is -0.179. The molecule has 1 saturated carbocycles. The van der Waals surface area contributed by atoms with Crippen LogP contribution in [-0.4, -0.2) is 29.1 Å². The largest absolute Gasteiger partial charge is 0.497 e. The quantitative estimate of drug-likeness (QED) is 0.581. The van der Waals surface area contributed by atoms with E-state index >= 15 is 0 Å². The standard InChI is InChI=1S/C26H31N3O3/c1-18-8-10-19(11-9-18)16-29(26(31)27-22-6-4-3-5-7-22)17-21-14-20-15-23(32-2)12-13-24(20)28-25(21)30/h8-15,22H,3-7,16-17H2,1-2H3,(H,27,31)(H,28,30). The molecule has 1 fully saturated rings. The van der Waals surface area contributed by atoms with Gasteiger partial charge in [-0.2, -0.15) is 0 Å². The third kappa shape index (κ3) is 5.31. The monoisotopic (exact) mass is 433 g/mol. The van der Waals surface area contributed by atoms with Crippen LogP contribution >= 0.6 is 0 Å². The second kappa shape index (κ2) is 9.90. The molecular weight excluding hydrogens is 402 g/mol. The smallest absolute Gasteiger partial charge is 0.318 e. The number of pyridine rings is 1. The molecule has 1 aromatic heterocycles. The van der Waals surface area contributed by atoms with Gasteiger partial charge < -0.3 is 19.9 Å². The first-order valence-electron chi connectivity index (χ1n) is 11.3. The average molecular weight is 434 g/mol. The summed E-state index contributed by atoms with van der Waals surface area (Å²) in [4.78, 5) is 30.7. The van der Waals surface area contributed by atoms with Crippen molar-refractivity contribution in [3.05, 3.63) is 75.6 Å². The summed E-state index contributed by atoms with van der Waals surface area (Å²) >= 11 is 0. The number of carbonyl (C=O) groups excluding carboxylic acids is 1. The highest BCUT2D eigenvalue weighted by Crippen LogP contribution is 2.21. The Kier molecular flexibility index (Phi) is 6.78. The zero-order chi connectivity index (χ0) is 22.5. The second-order valence-electron chi connectivity index (χ2n) is 8.70. The summed E-state index contributed by atoms with van der Waals surface area (Å²) in [7, 11) is 1.62. The van der Waals surface area contributed by atoms with Crippen LogP contribution in [0.3, 0.4) is 0 Å². The van der Waals surface area contributed by atoms with Crippen molar-refractivity contribution >= 4 is 16.9 Å². The predicted molar refractivity (Wildman–Crippen MR) is 127 cm³/mol. The Bertz CT molecular complexity index is 1130. The topological polar surface area (TPSA) is 74.4 Å². The number of ether oxygens (including phenoxy) is 1. The lowest BCUT2D eigenvalue weighted by molar-refractivity contribution is 0.184. The molecule has 168 valence electrons. The van der Waals surface area contributed by atoms with Crippen LogP contribution in [0.25, 0.3) is 10.9 Å². The molecular formula is C26H31N3O3. The van der Waals surface area contributed by atoms with E-state index in [4.69, 9.17) is 4.74 Å². The molecule has 1 aliphatic rings. The third-order valence-electron chi connectivity index (χ3n) is 6.20. The van der Waals surface area contributed by atoms with Gasteiger partial charge in [0, 0.05) is 29.1 Å². The number of fused-ring (bicyclic) bond motifs is 1. The van der Waals surface area contributed by atoms with Crippen LogP contribution in [0.1, 0.15) is 48.8 Å². The van der Waals surface area contributed by atoms with Gasteiger partial charge in [0.1, 0.15) is 5.75 Å². The molecule has 2 N–H and O–H groups in total. The van der Waals surface area contributed by atoms with E-state index in [1.807, 2.05) is 55.5 Å². The van der Waals surface area contributed by atoms with E-state index in [1.54, 1.807) is 12.0 Å². The van der Waals surface area contributed by atoms with E-state index < -0.39 is 0 Å². The molecule has 0 atom stereocenters. The Morgan fingerprint density at radius 2 is 1.81 bits per heavy atom. The zero-order valence-corrected chi connectivity index (χ0v) is 18.8. The third-order valence-corrected chi connectivity index (χ3v) is 6.20. The summed E-state index contributed by atoms with van der Waals surface area (Å²) in [5, 5.41) is 4.08. The molecule has 0 bridgehead atoms. The van der Waals surface area contributed by atoms with E-state index in [-0.39, 0.29) is 24.2 Å². The molecule has 6 nitrogen and oxygen atoms in total. The number of urea groups is 1. The Morgan fingerprint density at radius 3 is 2.53 bits per heavy atom. The fourth-order valence-corrected chi connectivity index (χ4v) is 4.31. The summed E-state index contributed by atoms with van der Waals surface area (Å²) in [6.45, 7) is 2.71. The fraction of sp³-hybridized carbons (Fsp3) is 0.385. The highest BCUT2D eigenvalue weighted by atomic mass is 16.5. The normalized spacial score (nSPS) is 14.3. The molecule has 0 unspecified atom stereocenters. The number of amides is 2. The maximum Gasteiger partial charge on any atom is 0.318 e. The summed E-state index contributed by atoms with van der Waals surface area (Å²) < 4.78 is 5.32. The van der Waals surface area contributed by atoms with Crippen LogP contribution in [0.4, 0.5) is 4.79 Å². The van der Waals surface area contributed by atoms with Gasteiger partial charge >= 0.3 is 6.03 Å². The van der Waals surface area contributed by atoms with Gasteiger partial charge in [-0.25, -0.2) is 4.79 Å². The van der Waals surface area contributed by atoms with E-state index in [0.717, 1.165) is 47.9 Å². The van der Waals surface area contributed by atoms with Crippen molar-refractivity contribution in [3.63, 3.8) is 0 Å². The maximum absolute atomic E-state index is 13.2. The van der Waals surface area contributed by atoms with E-state index in [1.165, 1.54) is 12.0 Å². The van der Waals surface area contributed by atoms with Crippen molar-refractivity contribution in [2.75, 3.05) is 7.11 Å². The van der Waals surface area contributed by atoms with Gasteiger partial charge in [-0.1, -0.05) is 49.1 Å². The number of aryl methyl sites for hydroxylation is 1. The Balaban J connectivity index is 1.61. The summed E-state index contributed by atoms with van der Waals surface area (Å²) in [6, 6.07) is 15.6. The predicted octanol–water partition coefficient (Wildman–Crippen LogP) is 4.89. The van der Waals surface area contributed by atoms with Crippen LogP contribution in [0.5, 0.6) is 5.75 Å². The van der Waals surface area contributed by atoms with Crippen molar-refractivity contribution in [2.45, 2.75) is 58.2 Å². The van der Waals surface area contributed by atoms with Crippen molar-refractivity contribution in [1.29, 1.82) is 0 Å². The summed E-state index contributed by atoms with van der Waals surface area (Å²) in [6.07, 6.45) is 5.56. The van der Waals surface area contributed by atoms with E-state index in [2.05, 4.69) is 10.3 Å². The van der Waals surface area contributed by atoms with Gasteiger partial charge in [-0.05, 0) is 49.6 Å². The summed E-state index contributed by atoms with van der Waals surface area (Å²) in [5.41, 5.74) is 3.33. The number of rotatable bonds is 6. The average Bonchev–Trinajstić information content (AvgIpc) is 2.80. The zero-order valence-electron chi connectivity index (χ0n) is 18.8. The molecule has 2 amide bonds. The molecule has 0 radical (unpaired) electrons. The molecule has 4 rings (SSSR count). The Labute approximate surface area is 188 Å². The number of hydrogen-bond donors (Lipinski definition) is 2. The minimum absolute atomic E-state index is 0.123. The van der Waals surface area contributed by atoms with Gasteiger partial charge in [0.25, 0.3) is 5.56 Å². The number of carbonyl (C=O) groups is 1. The minimum Gasteiger partial charge on any atom is -0.497 e. The lowest BCUT2D eigenvalue weighted by Crippen LogP contribution is -2.45. The van der Waals surface area contributed by atoms with Crippen LogP contribution < -0.4 is 15.6 Å². The molecule has 0 spiro atoms. The highest BCUT2D eigenvalue weighted by molar-refractivity contribution is 5.81. The summed E-state index contributed by atoms with van der Waals surface area (Å²) in [5.74, 6) is 0.724. The highest BCUT2D eigenvalue weighted by Gasteiger charge is 2.21. The lowest BCUT2D eigenvalue weighted by atomic mass is 9.96. The van der Waals surface area contributed by atoms with Crippen LogP contribution in [0.15, 0.2) is 53.3 Å². The number of aromatic amines is 1. The first-order chi connectivity index (χ1) is 15.5. The molecule has 2 aromatic carbocycles. The number of benzene rings is 2. The number of nitrogens with zero attached hydrogens (tertiary/aromatic N) is 1. The van der Waals surface area contributed by atoms with Gasteiger partial charge in [0.05, 0.1) is 13.7 Å². The number of methoxy groups -OCH3 is 1. The van der Waals surface area contributed by atoms with Crippen molar-refractivity contribution in [1.82, 2.24) is 15.2 Å². The number of H-pyrrole nitrogens is 1. The molecule has 3 aromatic rings. The number of nitrogens with one attached hydrogen (secondary N) is 2. The van der Waals surface area contributed by atoms with E-state index in [9.17, 15) is 9.59 Å². The van der Waals surface area contributed by atoms with Gasteiger partial charge in [-0.15, -0.1) is 0 Å². The molecule has 6 heteroatoms. The maximum atomic E-state index is 13.2.